The van der Waals surface area contributed by atoms with E-state index in [0.717, 1.165) is 17.6 Å². The topological polar surface area (TPSA) is 63.7 Å². The molecule has 0 aromatic carbocycles. The van der Waals surface area contributed by atoms with Gasteiger partial charge in [-0.15, -0.1) is 0 Å². The zero-order valence-electron chi connectivity index (χ0n) is 9.50. The van der Waals surface area contributed by atoms with E-state index < -0.39 is 0 Å². The fourth-order valence-electron chi connectivity index (χ4n) is 2.37. The van der Waals surface area contributed by atoms with Crippen molar-refractivity contribution in [1.29, 1.82) is 5.26 Å². The minimum atomic E-state index is 0.192. The maximum Gasteiger partial charge on any atom is 0.144 e. The molecular formula is C12H12N4O. The molecule has 0 N–H and O–H groups in total. The minimum absolute atomic E-state index is 0.192. The van der Waals surface area contributed by atoms with Crippen LogP contribution in [0.2, 0.25) is 0 Å². The van der Waals surface area contributed by atoms with E-state index in [1.807, 2.05) is 10.6 Å². The van der Waals surface area contributed by atoms with E-state index in [9.17, 15) is 5.26 Å². The molecule has 2 aromatic heterocycles. The molecule has 0 bridgehead atoms. The Kier molecular flexibility index (Phi) is 2.30. The fraction of sp³-hybridized carbons (Fsp3) is 0.417. The molecule has 1 aliphatic heterocycles. The van der Waals surface area contributed by atoms with Crippen molar-refractivity contribution in [3.05, 3.63) is 24.3 Å². The lowest BCUT2D eigenvalue weighted by molar-refractivity contribution is 0.182. The first-order valence-electron chi connectivity index (χ1n) is 5.60. The Hall–Kier alpha value is -1.93. The molecule has 0 saturated carbocycles. The van der Waals surface area contributed by atoms with Crippen LogP contribution < -0.4 is 0 Å². The summed E-state index contributed by atoms with van der Waals surface area (Å²) in [5.41, 5.74) is 1.45. The SMILES string of the molecule is C[C@H]1COC[C@@H]1n1c(C#N)cc2cncnc21. The third-order valence-corrected chi connectivity index (χ3v) is 3.27. The number of ether oxygens (including phenoxy) is 1. The van der Waals surface area contributed by atoms with Crippen LogP contribution in [0.5, 0.6) is 0 Å². The molecule has 0 spiro atoms. The smallest absolute Gasteiger partial charge is 0.144 e. The number of hydrogen-bond acceptors (Lipinski definition) is 4. The van der Waals surface area contributed by atoms with Gasteiger partial charge in [0.05, 0.1) is 19.3 Å². The Morgan fingerprint density at radius 2 is 2.41 bits per heavy atom. The van der Waals surface area contributed by atoms with Crippen molar-refractivity contribution in [1.82, 2.24) is 14.5 Å². The number of rotatable bonds is 1. The van der Waals surface area contributed by atoms with E-state index in [-0.39, 0.29) is 6.04 Å². The zero-order chi connectivity index (χ0) is 11.8. The predicted octanol–water partition coefficient (Wildman–Crippen LogP) is 1.51. The summed E-state index contributed by atoms with van der Waals surface area (Å²) in [6.45, 7) is 3.51. The molecule has 1 saturated heterocycles. The van der Waals surface area contributed by atoms with Gasteiger partial charge in [0.2, 0.25) is 0 Å². The van der Waals surface area contributed by atoms with Crippen molar-refractivity contribution in [2.24, 2.45) is 5.92 Å². The molecule has 0 unspecified atom stereocenters. The molecular weight excluding hydrogens is 216 g/mol. The van der Waals surface area contributed by atoms with Gasteiger partial charge in [0.15, 0.2) is 0 Å². The van der Waals surface area contributed by atoms with Crippen molar-refractivity contribution < 1.29 is 4.74 Å². The van der Waals surface area contributed by atoms with Crippen LogP contribution in [0.25, 0.3) is 11.0 Å². The molecule has 17 heavy (non-hydrogen) atoms. The molecule has 86 valence electrons. The van der Waals surface area contributed by atoms with Crippen LogP contribution in [0.3, 0.4) is 0 Å². The maximum atomic E-state index is 9.21. The standard InChI is InChI=1S/C12H12N4O/c1-8-5-17-6-11(8)16-10(3-13)2-9-4-14-7-15-12(9)16/h2,4,7-8,11H,5-6H2,1H3/t8-,11-/m0/s1. The lowest BCUT2D eigenvalue weighted by Crippen LogP contribution is -2.17. The van der Waals surface area contributed by atoms with Gasteiger partial charge in [-0.3, -0.25) is 0 Å². The average molecular weight is 228 g/mol. The van der Waals surface area contributed by atoms with Gasteiger partial charge in [-0.05, 0) is 6.07 Å². The maximum absolute atomic E-state index is 9.21. The molecule has 5 heteroatoms. The van der Waals surface area contributed by atoms with Gasteiger partial charge < -0.3 is 9.30 Å². The van der Waals surface area contributed by atoms with Gasteiger partial charge in [-0.25, -0.2) is 9.97 Å². The highest BCUT2D eigenvalue weighted by Gasteiger charge is 2.29. The number of fused-ring (bicyclic) bond motifs is 1. The number of nitrogens with zero attached hydrogens (tertiary/aromatic N) is 4. The summed E-state index contributed by atoms with van der Waals surface area (Å²) in [6.07, 6.45) is 3.25. The summed E-state index contributed by atoms with van der Waals surface area (Å²) in [6, 6.07) is 4.25. The Morgan fingerprint density at radius 1 is 1.53 bits per heavy atom. The predicted molar refractivity (Wildman–Crippen MR) is 61.3 cm³/mol. The highest BCUT2D eigenvalue weighted by Crippen LogP contribution is 2.30. The van der Waals surface area contributed by atoms with Gasteiger partial charge in [0.25, 0.3) is 0 Å². The molecule has 0 amide bonds. The molecule has 3 heterocycles. The monoisotopic (exact) mass is 228 g/mol. The van der Waals surface area contributed by atoms with Crippen LogP contribution in [-0.4, -0.2) is 27.7 Å². The second-order valence-electron chi connectivity index (χ2n) is 4.40. The molecule has 2 aromatic rings. The molecule has 0 aliphatic carbocycles. The number of nitriles is 1. The summed E-state index contributed by atoms with van der Waals surface area (Å²) >= 11 is 0. The van der Waals surface area contributed by atoms with Gasteiger partial charge in [-0.2, -0.15) is 5.26 Å². The van der Waals surface area contributed by atoms with Crippen LogP contribution in [0.1, 0.15) is 18.7 Å². The first-order valence-corrected chi connectivity index (χ1v) is 5.60. The number of hydrogen-bond donors (Lipinski definition) is 0. The third kappa shape index (κ3) is 1.49. The summed E-state index contributed by atoms with van der Waals surface area (Å²) in [7, 11) is 0. The number of aromatic nitrogens is 3. The average Bonchev–Trinajstić information content (AvgIpc) is 2.91. The highest BCUT2D eigenvalue weighted by molar-refractivity contribution is 5.77. The van der Waals surface area contributed by atoms with Gasteiger partial charge in [-0.1, -0.05) is 6.92 Å². The van der Waals surface area contributed by atoms with Crippen LogP contribution in [0, 0.1) is 17.2 Å². The van der Waals surface area contributed by atoms with Crippen LogP contribution in [-0.2, 0) is 4.74 Å². The first-order chi connectivity index (χ1) is 8.31. The van der Waals surface area contributed by atoms with E-state index in [0.29, 0.717) is 18.2 Å². The van der Waals surface area contributed by atoms with Crippen molar-refractivity contribution in [3.63, 3.8) is 0 Å². The second-order valence-corrected chi connectivity index (χ2v) is 4.40. The van der Waals surface area contributed by atoms with E-state index in [4.69, 9.17) is 4.74 Å². The fourth-order valence-corrected chi connectivity index (χ4v) is 2.37. The van der Waals surface area contributed by atoms with E-state index in [2.05, 4.69) is 23.0 Å². The zero-order valence-corrected chi connectivity index (χ0v) is 9.50. The van der Waals surface area contributed by atoms with E-state index >= 15 is 0 Å². The molecule has 5 nitrogen and oxygen atoms in total. The summed E-state index contributed by atoms with van der Waals surface area (Å²) in [4.78, 5) is 8.26. The molecule has 1 aliphatic rings. The first kappa shape index (κ1) is 10.2. The van der Waals surface area contributed by atoms with Crippen LogP contribution in [0.4, 0.5) is 0 Å². The summed E-state index contributed by atoms with van der Waals surface area (Å²) in [5, 5.41) is 10.1. The normalized spacial score (nSPS) is 24.0. The largest absolute Gasteiger partial charge is 0.379 e. The molecule has 2 atom stereocenters. The summed E-state index contributed by atoms with van der Waals surface area (Å²) < 4.78 is 7.45. The van der Waals surface area contributed by atoms with Crippen LogP contribution >= 0.6 is 0 Å². The van der Waals surface area contributed by atoms with Crippen molar-refractivity contribution >= 4 is 11.0 Å². The second kappa shape index (κ2) is 3.82. The Labute approximate surface area is 98.7 Å². The Balaban J connectivity index is 2.23. The van der Waals surface area contributed by atoms with E-state index in [1.54, 1.807) is 6.20 Å². The molecule has 0 radical (unpaired) electrons. The third-order valence-electron chi connectivity index (χ3n) is 3.27. The van der Waals surface area contributed by atoms with Gasteiger partial charge in [0.1, 0.15) is 23.7 Å². The minimum Gasteiger partial charge on any atom is -0.379 e. The lowest BCUT2D eigenvalue weighted by Gasteiger charge is -2.17. The van der Waals surface area contributed by atoms with Crippen molar-refractivity contribution in [2.75, 3.05) is 13.2 Å². The Morgan fingerprint density at radius 3 is 3.12 bits per heavy atom. The summed E-state index contributed by atoms with van der Waals surface area (Å²) in [5.74, 6) is 0.396. The molecule has 1 fully saturated rings. The Bertz CT molecular complexity index is 598. The quantitative estimate of drug-likeness (QED) is 0.742. The van der Waals surface area contributed by atoms with Gasteiger partial charge in [0, 0.05) is 17.5 Å². The highest BCUT2D eigenvalue weighted by atomic mass is 16.5. The van der Waals surface area contributed by atoms with Gasteiger partial charge >= 0.3 is 0 Å². The van der Waals surface area contributed by atoms with Crippen molar-refractivity contribution in [3.8, 4) is 6.07 Å². The van der Waals surface area contributed by atoms with E-state index in [1.165, 1.54) is 6.33 Å². The molecule has 3 rings (SSSR count). The van der Waals surface area contributed by atoms with Crippen molar-refractivity contribution in [2.45, 2.75) is 13.0 Å². The lowest BCUT2D eigenvalue weighted by atomic mass is 10.1. The van der Waals surface area contributed by atoms with Crippen LogP contribution in [0.15, 0.2) is 18.6 Å².